The quantitative estimate of drug-likeness (QED) is 0.792. The first kappa shape index (κ1) is 16.9. The minimum atomic E-state index is -0.167. The van der Waals surface area contributed by atoms with Crippen molar-refractivity contribution in [1.82, 2.24) is 0 Å². The van der Waals surface area contributed by atoms with Gasteiger partial charge in [0.05, 0.1) is 5.41 Å². The molecule has 140 valence electrons. The van der Waals surface area contributed by atoms with E-state index in [0.717, 1.165) is 54.7 Å². The lowest BCUT2D eigenvalue weighted by Gasteiger charge is -2.55. The summed E-state index contributed by atoms with van der Waals surface area (Å²) in [5.74, 6) is 2.64. The van der Waals surface area contributed by atoms with Crippen molar-refractivity contribution in [3.63, 3.8) is 0 Å². The van der Waals surface area contributed by atoms with Crippen LogP contribution < -0.4 is 5.32 Å². The van der Waals surface area contributed by atoms with Gasteiger partial charge in [0.25, 0.3) is 0 Å². The minimum Gasteiger partial charge on any atom is -0.508 e. The lowest BCUT2D eigenvalue weighted by atomic mass is 9.49. The summed E-state index contributed by atoms with van der Waals surface area (Å²) >= 11 is 0. The molecule has 2 aromatic carbocycles. The van der Waals surface area contributed by atoms with Gasteiger partial charge in [-0.05, 0) is 86.0 Å². The monoisotopic (exact) mass is 361 g/mol. The molecular weight excluding hydrogens is 334 g/mol. The fourth-order valence-electron chi connectivity index (χ4n) is 6.33. The molecule has 6 rings (SSSR count). The van der Waals surface area contributed by atoms with Crippen LogP contribution in [0.4, 0.5) is 5.69 Å². The van der Waals surface area contributed by atoms with Crippen molar-refractivity contribution in [3.05, 3.63) is 59.7 Å². The smallest absolute Gasteiger partial charge is 0.230 e. The van der Waals surface area contributed by atoms with Gasteiger partial charge in [0.15, 0.2) is 0 Å². The molecule has 0 radical (unpaired) electrons. The molecule has 2 aromatic rings. The van der Waals surface area contributed by atoms with Crippen molar-refractivity contribution in [1.29, 1.82) is 0 Å². The first-order valence-electron chi connectivity index (χ1n) is 10.3. The molecule has 0 atom stereocenters. The zero-order valence-corrected chi connectivity index (χ0v) is 15.7. The van der Waals surface area contributed by atoms with E-state index >= 15 is 0 Å². The standard InChI is InChI=1S/C24H27NO2/c26-22-11-17(6-16-4-2-1-3-5-16)10-21(12-22)25-23(27)24-13-18-7-19(14-24)9-20(8-18)15-24/h1-5,10-12,18-20,26H,6-9,13-15H2,(H,25,27). The lowest BCUT2D eigenvalue weighted by molar-refractivity contribution is -0.140. The van der Waals surface area contributed by atoms with Crippen LogP contribution in [0.2, 0.25) is 0 Å². The van der Waals surface area contributed by atoms with Crippen LogP contribution in [0.3, 0.4) is 0 Å². The lowest BCUT2D eigenvalue weighted by Crippen LogP contribution is -2.51. The highest BCUT2D eigenvalue weighted by Crippen LogP contribution is 2.60. The Labute approximate surface area is 160 Å². The van der Waals surface area contributed by atoms with Crippen LogP contribution in [0.5, 0.6) is 5.75 Å². The third-order valence-corrected chi connectivity index (χ3v) is 7.01. The molecule has 4 aliphatic rings. The topological polar surface area (TPSA) is 49.3 Å². The van der Waals surface area contributed by atoms with E-state index in [-0.39, 0.29) is 17.1 Å². The van der Waals surface area contributed by atoms with Crippen LogP contribution in [0, 0.1) is 23.2 Å². The second-order valence-corrected chi connectivity index (χ2v) is 9.20. The molecule has 2 N–H and O–H groups in total. The molecule has 4 bridgehead atoms. The van der Waals surface area contributed by atoms with E-state index < -0.39 is 0 Å². The molecule has 0 spiro atoms. The van der Waals surface area contributed by atoms with Gasteiger partial charge >= 0.3 is 0 Å². The zero-order valence-electron chi connectivity index (χ0n) is 15.7. The van der Waals surface area contributed by atoms with Gasteiger partial charge in [0, 0.05) is 11.8 Å². The van der Waals surface area contributed by atoms with Gasteiger partial charge in [0.1, 0.15) is 5.75 Å². The largest absolute Gasteiger partial charge is 0.508 e. The Hall–Kier alpha value is -2.29. The van der Waals surface area contributed by atoms with E-state index in [1.807, 2.05) is 24.3 Å². The van der Waals surface area contributed by atoms with E-state index in [4.69, 9.17) is 0 Å². The number of rotatable bonds is 4. The molecule has 27 heavy (non-hydrogen) atoms. The predicted octanol–water partition coefficient (Wildman–Crippen LogP) is 5.14. The Bertz CT molecular complexity index is 823. The minimum absolute atomic E-state index is 0.167. The van der Waals surface area contributed by atoms with Gasteiger partial charge in [-0.1, -0.05) is 30.3 Å². The molecule has 4 aliphatic carbocycles. The molecule has 1 amide bonds. The SMILES string of the molecule is O=C(Nc1cc(O)cc(Cc2ccccc2)c1)C12CC3CC(CC(C3)C1)C2. The summed E-state index contributed by atoms with van der Waals surface area (Å²) in [6.45, 7) is 0. The van der Waals surface area contributed by atoms with Crippen LogP contribution in [-0.2, 0) is 11.2 Å². The maximum atomic E-state index is 13.3. The van der Waals surface area contributed by atoms with Gasteiger partial charge in [0.2, 0.25) is 5.91 Å². The maximum Gasteiger partial charge on any atom is 0.230 e. The van der Waals surface area contributed by atoms with E-state index in [2.05, 4.69) is 17.4 Å². The predicted molar refractivity (Wildman–Crippen MR) is 107 cm³/mol. The molecule has 3 heteroatoms. The number of phenols is 1. The number of hydrogen-bond donors (Lipinski definition) is 2. The van der Waals surface area contributed by atoms with Crippen molar-refractivity contribution in [2.75, 3.05) is 5.32 Å². The van der Waals surface area contributed by atoms with Gasteiger partial charge in [-0.15, -0.1) is 0 Å². The molecule has 3 nitrogen and oxygen atoms in total. The first-order chi connectivity index (χ1) is 13.1. The highest BCUT2D eigenvalue weighted by Gasteiger charge is 2.54. The summed E-state index contributed by atoms with van der Waals surface area (Å²) in [5, 5.41) is 13.3. The Kier molecular flexibility index (Phi) is 3.99. The number of amides is 1. The number of phenolic OH excluding ortho intramolecular Hbond substituents is 1. The number of nitrogens with one attached hydrogen (secondary N) is 1. The van der Waals surface area contributed by atoms with Crippen LogP contribution in [0.25, 0.3) is 0 Å². The Morgan fingerprint density at radius 3 is 2.19 bits per heavy atom. The highest BCUT2D eigenvalue weighted by atomic mass is 16.3. The molecule has 0 aromatic heterocycles. The second-order valence-electron chi connectivity index (χ2n) is 9.20. The fourth-order valence-corrected chi connectivity index (χ4v) is 6.33. The summed E-state index contributed by atoms with van der Waals surface area (Å²) in [7, 11) is 0. The van der Waals surface area contributed by atoms with E-state index in [1.165, 1.54) is 24.8 Å². The van der Waals surface area contributed by atoms with Crippen molar-refractivity contribution in [3.8, 4) is 5.75 Å². The molecule has 0 aliphatic heterocycles. The zero-order chi connectivity index (χ0) is 18.4. The number of hydrogen-bond acceptors (Lipinski definition) is 2. The molecule has 0 heterocycles. The van der Waals surface area contributed by atoms with Crippen molar-refractivity contribution >= 4 is 11.6 Å². The average molecular weight is 361 g/mol. The van der Waals surface area contributed by atoms with Crippen molar-refractivity contribution in [2.45, 2.75) is 44.9 Å². The average Bonchev–Trinajstić information content (AvgIpc) is 2.61. The van der Waals surface area contributed by atoms with Crippen LogP contribution in [0.15, 0.2) is 48.5 Å². The van der Waals surface area contributed by atoms with Crippen LogP contribution in [0.1, 0.15) is 49.7 Å². The molecule has 0 saturated heterocycles. The Morgan fingerprint density at radius 2 is 1.56 bits per heavy atom. The van der Waals surface area contributed by atoms with Crippen LogP contribution in [-0.4, -0.2) is 11.0 Å². The number of aromatic hydroxyl groups is 1. The van der Waals surface area contributed by atoms with Gasteiger partial charge in [-0.3, -0.25) is 4.79 Å². The third-order valence-electron chi connectivity index (χ3n) is 7.01. The number of benzene rings is 2. The summed E-state index contributed by atoms with van der Waals surface area (Å²) in [6.07, 6.45) is 7.91. The van der Waals surface area contributed by atoms with Gasteiger partial charge < -0.3 is 10.4 Å². The van der Waals surface area contributed by atoms with Crippen LogP contribution >= 0.6 is 0 Å². The summed E-state index contributed by atoms with van der Waals surface area (Å²) < 4.78 is 0. The van der Waals surface area contributed by atoms with Crippen molar-refractivity contribution < 1.29 is 9.90 Å². The Balaban J connectivity index is 1.35. The first-order valence-corrected chi connectivity index (χ1v) is 10.3. The number of anilines is 1. The van der Waals surface area contributed by atoms with E-state index in [1.54, 1.807) is 12.1 Å². The third kappa shape index (κ3) is 3.24. The Morgan fingerprint density at radius 1 is 0.926 bits per heavy atom. The number of carbonyl (C=O) groups is 1. The normalized spacial score (nSPS) is 31.0. The maximum absolute atomic E-state index is 13.3. The summed E-state index contributed by atoms with van der Waals surface area (Å²) in [6, 6.07) is 15.7. The fraction of sp³-hybridized carbons (Fsp3) is 0.458. The van der Waals surface area contributed by atoms with E-state index in [9.17, 15) is 9.90 Å². The summed E-state index contributed by atoms with van der Waals surface area (Å²) in [4.78, 5) is 13.3. The highest BCUT2D eigenvalue weighted by molar-refractivity contribution is 5.96. The molecular formula is C24H27NO2. The molecule has 0 unspecified atom stereocenters. The van der Waals surface area contributed by atoms with E-state index in [0.29, 0.717) is 0 Å². The second kappa shape index (κ2) is 6.40. The number of carbonyl (C=O) groups excluding carboxylic acids is 1. The summed E-state index contributed by atoms with van der Waals surface area (Å²) in [5.41, 5.74) is 2.77. The molecule has 4 fully saturated rings. The molecule has 4 saturated carbocycles. The van der Waals surface area contributed by atoms with Gasteiger partial charge in [-0.2, -0.15) is 0 Å². The van der Waals surface area contributed by atoms with Crippen molar-refractivity contribution in [2.24, 2.45) is 23.2 Å². The van der Waals surface area contributed by atoms with Gasteiger partial charge in [-0.25, -0.2) is 0 Å².